The Bertz CT molecular complexity index is 1870. The van der Waals surface area contributed by atoms with E-state index in [-0.39, 0.29) is 11.4 Å². The number of anilines is 1. The summed E-state index contributed by atoms with van der Waals surface area (Å²) in [6, 6.07) is 17.2. The van der Waals surface area contributed by atoms with Crippen LogP contribution in [0.2, 0.25) is 0 Å². The van der Waals surface area contributed by atoms with Gasteiger partial charge in [0.15, 0.2) is 5.65 Å². The SMILES string of the molecule is COc1ccc(-c2nn(C(C)c3cc(-c4ccccc4)c(=O)n4cc(F)ccc34)c3ncnc(N)c23)cn1. The predicted octanol–water partition coefficient (Wildman–Crippen LogP) is 4.51. The van der Waals surface area contributed by atoms with Crippen LogP contribution in [0.5, 0.6) is 5.88 Å². The molecule has 2 N–H and O–H groups in total. The van der Waals surface area contributed by atoms with E-state index in [0.717, 1.165) is 11.1 Å². The van der Waals surface area contributed by atoms with Crippen LogP contribution in [0, 0.1) is 5.82 Å². The van der Waals surface area contributed by atoms with Gasteiger partial charge in [-0.1, -0.05) is 30.3 Å². The number of nitrogens with two attached hydrogens (primary N) is 1. The molecule has 6 rings (SSSR count). The van der Waals surface area contributed by atoms with Crippen molar-refractivity contribution in [3.05, 3.63) is 101 Å². The van der Waals surface area contributed by atoms with Crippen LogP contribution in [0.25, 0.3) is 38.9 Å². The van der Waals surface area contributed by atoms with Crippen molar-refractivity contribution in [2.45, 2.75) is 13.0 Å². The number of pyridine rings is 3. The molecule has 1 atom stereocenters. The first-order valence-electron chi connectivity index (χ1n) is 11.9. The van der Waals surface area contributed by atoms with Gasteiger partial charge in [-0.25, -0.2) is 24.0 Å². The fraction of sp³-hybridized carbons (Fsp3) is 0.107. The summed E-state index contributed by atoms with van der Waals surface area (Å²) in [5, 5.41) is 5.47. The summed E-state index contributed by atoms with van der Waals surface area (Å²) in [7, 11) is 1.55. The quantitative estimate of drug-likeness (QED) is 0.365. The smallest absolute Gasteiger partial charge is 0.263 e. The Morgan fingerprint density at radius 3 is 2.55 bits per heavy atom. The molecule has 10 heteroatoms. The minimum atomic E-state index is -0.511. The number of methoxy groups -OCH3 is 1. The second-order valence-electron chi connectivity index (χ2n) is 8.80. The van der Waals surface area contributed by atoms with Crippen molar-refractivity contribution in [1.29, 1.82) is 0 Å². The minimum absolute atomic E-state index is 0.278. The highest BCUT2D eigenvalue weighted by Gasteiger charge is 2.24. The zero-order chi connectivity index (χ0) is 26.4. The number of fused-ring (bicyclic) bond motifs is 2. The third-order valence-corrected chi connectivity index (χ3v) is 6.60. The number of nitrogens with zero attached hydrogens (tertiary/aromatic N) is 6. The molecule has 38 heavy (non-hydrogen) atoms. The van der Waals surface area contributed by atoms with Crippen LogP contribution in [0.3, 0.4) is 0 Å². The number of hydrogen-bond acceptors (Lipinski definition) is 7. The Morgan fingerprint density at radius 2 is 1.82 bits per heavy atom. The van der Waals surface area contributed by atoms with Crippen molar-refractivity contribution in [3.63, 3.8) is 0 Å². The first kappa shape index (κ1) is 23.3. The van der Waals surface area contributed by atoms with E-state index in [0.29, 0.717) is 39.3 Å². The summed E-state index contributed by atoms with van der Waals surface area (Å²) < 4.78 is 22.5. The fourth-order valence-electron chi connectivity index (χ4n) is 4.70. The second kappa shape index (κ2) is 9.07. The molecular weight excluding hydrogens is 485 g/mol. The third-order valence-electron chi connectivity index (χ3n) is 6.60. The van der Waals surface area contributed by atoms with Crippen LogP contribution in [0.1, 0.15) is 18.5 Å². The molecule has 0 radical (unpaired) electrons. The summed E-state index contributed by atoms with van der Waals surface area (Å²) in [4.78, 5) is 26.4. The maximum absolute atomic E-state index is 14.3. The number of hydrogen-bond donors (Lipinski definition) is 1. The van der Waals surface area contributed by atoms with Crippen LogP contribution in [-0.2, 0) is 0 Å². The van der Waals surface area contributed by atoms with Crippen LogP contribution < -0.4 is 16.0 Å². The topological polar surface area (TPSA) is 113 Å². The maximum atomic E-state index is 14.3. The molecule has 1 aromatic carbocycles. The zero-order valence-electron chi connectivity index (χ0n) is 20.5. The van der Waals surface area contributed by atoms with E-state index in [9.17, 15) is 9.18 Å². The summed E-state index contributed by atoms with van der Waals surface area (Å²) in [5.41, 5.74) is 10.3. The van der Waals surface area contributed by atoms with E-state index in [1.54, 1.807) is 30.1 Å². The molecule has 188 valence electrons. The van der Waals surface area contributed by atoms with Gasteiger partial charge in [-0.05, 0) is 36.8 Å². The second-order valence-corrected chi connectivity index (χ2v) is 8.80. The normalized spacial score (nSPS) is 12.2. The van der Waals surface area contributed by atoms with E-state index in [4.69, 9.17) is 15.6 Å². The standard InChI is InChI=1S/C28H22FN7O2/c1-16(20-12-21(17-6-4-3-5-7-17)28(37)35-14-19(29)9-10-22(20)35)36-27-24(26(30)32-15-33-27)25(34-36)18-8-11-23(38-2)31-13-18/h3-16H,1-2H3,(H2,30,32,33). The fourth-order valence-corrected chi connectivity index (χ4v) is 4.70. The van der Waals surface area contributed by atoms with E-state index in [2.05, 4.69) is 15.0 Å². The van der Waals surface area contributed by atoms with Crippen molar-refractivity contribution in [2.75, 3.05) is 12.8 Å². The molecule has 0 fully saturated rings. The maximum Gasteiger partial charge on any atom is 0.263 e. The van der Waals surface area contributed by atoms with Gasteiger partial charge in [0.05, 0.1) is 24.1 Å². The molecular formula is C28H22FN7O2. The molecule has 0 aliphatic carbocycles. The number of rotatable bonds is 5. The van der Waals surface area contributed by atoms with Crippen molar-refractivity contribution < 1.29 is 9.13 Å². The molecule has 1 unspecified atom stereocenters. The van der Waals surface area contributed by atoms with Crippen molar-refractivity contribution in [2.24, 2.45) is 0 Å². The van der Waals surface area contributed by atoms with Gasteiger partial charge in [-0.15, -0.1) is 0 Å². The van der Waals surface area contributed by atoms with Crippen molar-refractivity contribution in [1.82, 2.24) is 29.1 Å². The number of halogens is 1. The molecule has 5 aromatic heterocycles. The average Bonchev–Trinajstić information content (AvgIpc) is 3.35. The van der Waals surface area contributed by atoms with Gasteiger partial charge in [0, 0.05) is 35.2 Å². The van der Waals surface area contributed by atoms with Crippen molar-refractivity contribution in [3.8, 4) is 28.3 Å². The molecule has 0 bridgehead atoms. The Kier molecular flexibility index (Phi) is 5.56. The monoisotopic (exact) mass is 507 g/mol. The molecule has 0 saturated heterocycles. The third kappa shape index (κ3) is 3.74. The Labute approximate surface area is 216 Å². The lowest BCUT2D eigenvalue weighted by Gasteiger charge is -2.18. The lowest BCUT2D eigenvalue weighted by molar-refractivity contribution is 0.398. The molecule has 0 aliphatic rings. The summed E-state index contributed by atoms with van der Waals surface area (Å²) in [5.74, 6) is 0.236. The van der Waals surface area contributed by atoms with Gasteiger partial charge in [0.1, 0.15) is 23.7 Å². The highest BCUT2D eigenvalue weighted by Crippen LogP contribution is 2.34. The summed E-state index contributed by atoms with van der Waals surface area (Å²) in [6.07, 6.45) is 4.24. The van der Waals surface area contributed by atoms with Gasteiger partial charge in [-0.2, -0.15) is 5.10 Å². The van der Waals surface area contributed by atoms with E-state index in [1.807, 2.05) is 49.4 Å². The minimum Gasteiger partial charge on any atom is -0.481 e. The predicted molar refractivity (Wildman–Crippen MR) is 142 cm³/mol. The van der Waals surface area contributed by atoms with E-state index >= 15 is 0 Å². The van der Waals surface area contributed by atoms with E-state index < -0.39 is 11.9 Å². The molecule has 0 aliphatic heterocycles. The molecule has 6 aromatic rings. The zero-order valence-corrected chi connectivity index (χ0v) is 20.5. The Balaban J connectivity index is 1.61. The highest BCUT2D eigenvalue weighted by atomic mass is 19.1. The lowest BCUT2D eigenvalue weighted by Crippen LogP contribution is -2.20. The lowest BCUT2D eigenvalue weighted by atomic mass is 10.0. The Morgan fingerprint density at radius 1 is 1.00 bits per heavy atom. The van der Waals surface area contributed by atoms with Crippen LogP contribution in [0.15, 0.2) is 84.2 Å². The molecule has 0 spiro atoms. The van der Waals surface area contributed by atoms with Crippen LogP contribution in [0.4, 0.5) is 10.2 Å². The van der Waals surface area contributed by atoms with Crippen LogP contribution >= 0.6 is 0 Å². The van der Waals surface area contributed by atoms with Gasteiger partial charge in [0.2, 0.25) is 5.88 Å². The summed E-state index contributed by atoms with van der Waals surface area (Å²) in [6.45, 7) is 1.94. The molecule has 0 amide bonds. The first-order valence-corrected chi connectivity index (χ1v) is 11.9. The van der Waals surface area contributed by atoms with Gasteiger partial charge in [0.25, 0.3) is 5.56 Å². The van der Waals surface area contributed by atoms with Gasteiger partial charge >= 0.3 is 0 Å². The van der Waals surface area contributed by atoms with Crippen LogP contribution in [-0.4, -0.2) is 36.2 Å². The van der Waals surface area contributed by atoms with Gasteiger partial charge in [-0.3, -0.25) is 9.20 Å². The number of nitrogen functional groups attached to an aromatic ring is 1. The largest absolute Gasteiger partial charge is 0.481 e. The summed E-state index contributed by atoms with van der Waals surface area (Å²) >= 11 is 0. The molecule has 5 heterocycles. The first-order chi connectivity index (χ1) is 18.5. The molecule has 9 nitrogen and oxygen atoms in total. The van der Waals surface area contributed by atoms with Crippen molar-refractivity contribution >= 4 is 22.4 Å². The van der Waals surface area contributed by atoms with E-state index in [1.165, 1.54) is 23.0 Å². The number of benzene rings is 1. The molecule has 0 saturated carbocycles. The Hall–Kier alpha value is -5.12. The number of aromatic nitrogens is 6. The number of ether oxygens (including phenoxy) is 1. The van der Waals surface area contributed by atoms with Gasteiger partial charge < -0.3 is 10.5 Å². The highest BCUT2D eigenvalue weighted by molar-refractivity contribution is 5.98. The average molecular weight is 508 g/mol.